The molecule has 0 bridgehead atoms. The minimum Gasteiger partial charge on any atom is -0.396 e. The zero-order chi connectivity index (χ0) is 10.1. The van der Waals surface area contributed by atoms with Crippen molar-refractivity contribution in [2.75, 3.05) is 11.9 Å². The standard InChI is InChI=1S/C10H17N3O/c1-3-13-10-9(5-11-13)8(6-14)4-7(2)12-10/h5,7-8,12,14H,3-4,6H2,1-2H3. The van der Waals surface area contributed by atoms with Gasteiger partial charge in [-0.15, -0.1) is 0 Å². The lowest BCUT2D eigenvalue weighted by molar-refractivity contribution is 0.253. The number of nitrogens with zero attached hydrogens (tertiary/aromatic N) is 2. The van der Waals surface area contributed by atoms with Crippen molar-refractivity contribution < 1.29 is 5.11 Å². The molecule has 0 aromatic carbocycles. The zero-order valence-electron chi connectivity index (χ0n) is 8.70. The van der Waals surface area contributed by atoms with E-state index in [1.807, 2.05) is 10.9 Å². The second-order valence-corrected chi connectivity index (χ2v) is 3.92. The number of fused-ring (bicyclic) bond motifs is 1. The maximum Gasteiger partial charge on any atom is 0.128 e. The zero-order valence-corrected chi connectivity index (χ0v) is 8.70. The van der Waals surface area contributed by atoms with Gasteiger partial charge < -0.3 is 10.4 Å². The molecule has 2 N–H and O–H groups in total. The largest absolute Gasteiger partial charge is 0.396 e. The summed E-state index contributed by atoms with van der Waals surface area (Å²) in [4.78, 5) is 0. The van der Waals surface area contributed by atoms with E-state index in [4.69, 9.17) is 0 Å². The van der Waals surface area contributed by atoms with Gasteiger partial charge in [0, 0.05) is 24.1 Å². The minimum absolute atomic E-state index is 0.217. The van der Waals surface area contributed by atoms with Crippen LogP contribution in [0, 0.1) is 0 Å². The summed E-state index contributed by atoms with van der Waals surface area (Å²) in [7, 11) is 0. The van der Waals surface area contributed by atoms with E-state index in [0.717, 1.165) is 24.3 Å². The van der Waals surface area contributed by atoms with E-state index < -0.39 is 0 Å². The number of aryl methyl sites for hydroxylation is 1. The van der Waals surface area contributed by atoms with Crippen molar-refractivity contribution in [3.05, 3.63) is 11.8 Å². The molecule has 1 aromatic heterocycles. The molecular weight excluding hydrogens is 178 g/mol. The van der Waals surface area contributed by atoms with Gasteiger partial charge in [0.15, 0.2) is 0 Å². The molecule has 2 atom stereocenters. The number of hydrogen-bond donors (Lipinski definition) is 2. The minimum atomic E-state index is 0.217. The summed E-state index contributed by atoms with van der Waals surface area (Å²) in [6, 6.07) is 0.418. The first kappa shape index (κ1) is 9.52. The predicted molar refractivity (Wildman–Crippen MR) is 55.4 cm³/mol. The average molecular weight is 195 g/mol. The highest BCUT2D eigenvalue weighted by molar-refractivity contribution is 5.49. The van der Waals surface area contributed by atoms with Crippen molar-refractivity contribution in [1.29, 1.82) is 0 Å². The van der Waals surface area contributed by atoms with Gasteiger partial charge in [0.1, 0.15) is 5.82 Å². The van der Waals surface area contributed by atoms with Crippen LogP contribution in [-0.2, 0) is 6.54 Å². The van der Waals surface area contributed by atoms with Gasteiger partial charge in [0.25, 0.3) is 0 Å². The number of hydrogen-bond acceptors (Lipinski definition) is 3. The fourth-order valence-corrected chi connectivity index (χ4v) is 2.12. The normalized spacial score (nSPS) is 25.6. The van der Waals surface area contributed by atoms with Crippen molar-refractivity contribution in [3.8, 4) is 0 Å². The van der Waals surface area contributed by atoms with Gasteiger partial charge in [0.05, 0.1) is 12.8 Å². The van der Waals surface area contributed by atoms with Crippen LogP contribution in [0.5, 0.6) is 0 Å². The number of aliphatic hydroxyl groups excluding tert-OH is 1. The lowest BCUT2D eigenvalue weighted by Gasteiger charge is -2.28. The summed E-state index contributed by atoms with van der Waals surface area (Å²) in [6.07, 6.45) is 2.86. The quantitative estimate of drug-likeness (QED) is 0.745. The van der Waals surface area contributed by atoms with E-state index in [2.05, 4.69) is 24.3 Å². The third-order valence-electron chi connectivity index (χ3n) is 2.85. The Hall–Kier alpha value is -1.03. The lowest BCUT2D eigenvalue weighted by atomic mass is 9.91. The van der Waals surface area contributed by atoms with E-state index in [0.29, 0.717) is 6.04 Å². The highest BCUT2D eigenvalue weighted by Crippen LogP contribution is 2.33. The molecule has 0 spiro atoms. The third kappa shape index (κ3) is 1.39. The molecule has 1 aromatic rings. The Bertz CT molecular complexity index is 321. The van der Waals surface area contributed by atoms with E-state index >= 15 is 0 Å². The van der Waals surface area contributed by atoms with Crippen LogP contribution in [0.3, 0.4) is 0 Å². The van der Waals surface area contributed by atoms with Crippen LogP contribution in [0.15, 0.2) is 6.20 Å². The fourth-order valence-electron chi connectivity index (χ4n) is 2.12. The molecule has 14 heavy (non-hydrogen) atoms. The number of nitrogens with one attached hydrogen (secondary N) is 1. The molecule has 4 heteroatoms. The van der Waals surface area contributed by atoms with Crippen LogP contribution < -0.4 is 5.32 Å². The molecule has 2 rings (SSSR count). The van der Waals surface area contributed by atoms with E-state index in [9.17, 15) is 5.11 Å². The van der Waals surface area contributed by atoms with Gasteiger partial charge in [-0.25, -0.2) is 4.68 Å². The first-order chi connectivity index (χ1) is 6.76. The maximum atomic E-state index is 9.27. The molecule has 0 fully saturated rings. The second kappa shape index (κ2) is 3.61. The monoisotopic (exact) mass is 195 g/mol. The fraction of sp³-hybridized carbons (Fsp3) is 0.700. The Morgan fingerprint density at radius 3 is 3.14 bits per heavy atom. The summed E-state index contributed by atoms with van der Waals surface area (Å²) < 4.78 is 1.95. The van der Waals surface area contributed by atoms with Crippen molar-refractivity contribution in [1.82, 2.24) is 9.78 Å². The van der Waals surface area contributed by atoms with Gasteiger partial charge in [-0.3, -0.25) is 0 Å². The summed E-state index contributed by atoms with van der Waals surface area (Å²) in [5.74, 6) is 1.34. The molecule has 0 radical (unpaired) electrons. The molecule has 4 nitrogen and oxygen atoms in total. The van der Waals surface area contributed by atoms with Gasteiger partial charge in [0.2, 0.25) is 0 Å². The van der Waals surface area contributed by atoms with E-state index in [1.54, 1.807) is 0 Å². The molecule has 0 aliphatic carbocycles. The highest BCUT2D eigenvalue weighted by Gasteiger charge is 2.26. The molecule has 2 unspecified atom stereocenters. The topological polar surface area (TPSA) is 50.1 Å². The molecule has 1 aliphatic rings. The summed E-state index contributed by atoms with van der Waals surface area (Å²) in [6.45, 7) is 5.29. The second-order valence-electron chi connectivity index (χ2n) is 3.92. The number of aliphatic hydroxyl groups is 1. The van der Waals surface area contributed by atoms with Crippen LogP contribution in [0.4, 0.5) is 5.82 Å². The lowest BCUT2D eigenvalue weighted by Crippen LogP contribution is -2.27. The van der Waals surface area contributed by atoms with Crippen molar-refractivity contribution >= 4 is 5.82 Å². The van der Waals surface area contributed by atoms with E-state index in [1.165, 1.54) is 0 Å². The van der Waals surface area contributed by atoms with Crippen molar-refractivity contribution in [3.63, 3.8) is 0 Å². The Kier molecular flexibility index (Phi) is 2.46. The van der Waals surface area contributed by atoms with Crippen LogP contribution in [0.2, 0.25) is 0 Å². The SMILES string of the molecule is CCn1ncc2c1NC(C)CC2CO. The molecule has 2 heterocycles. The molecular formula is C10H17N3O. The Morgan fingerprint density at radius 1 is 1.71 bits per heavy atom. The van der Waals surface area contributed by atoms with Crippen LogP contribution >= 0.6 is 0 Å². The molecule has 0 amide bonds. The van der Waals surface area contributed by atoms with Gasteiger partial charge >= 0.3 is 0 Å². The van der Waals surface area contributed by atoms with Gasteiger partial charge in [-0.1, -0.05) is 0 Å². The van der Waals surface area contributed by atoms with Crippen LogP contribution in [-0.4, -0.2) is 27.5 Å². The predicted octanol–water partition coefficient (Wildman–Crippen LogP) is 1.18. The summed E-state index contributed by atoms with van der Waals surface area (Å²) in [5, 5.41) is 17.0. The maximum absolute atomic E-state index is 9.27. The summed E-state index contributed by atoms with van der Waals surface area (Å²) in [5.41, 5.74) is 1.16. The molecule has 0 saturated carbocycles. The molecule has 78 valence electrons. The Labute approximate surface area is 83.9 Å². The number of aromatic nitrogens is 2. The van der Waals surface area contributed by atoms with E-state index in [-0.39, 0.29) is 12.5 Å². The Morgan fingerprint density at radius 2 is 2.50 bits per heavy atom. The smallest absolute Gasteiger partial charge is 0.128 e. The van der Waals surface area contributed by atoms with Crippen molar-refractivity contribution in [2.45, 2.75) is 38.8 Å². The van der Waals surface area contributed by atoms with Crippen LogP contribution in [0.25, 0.3) is 0 Å². The van der Waals surface area contributed by atoms with Gasteiger partial charge in [-0.2, -0.15) is 5.10 Å². The van der Waals surface area contributed by atoms with Crippen molar-refractivity contribution in [2.24, 2.45) is 0 Å². The molecule has 1 aliphatic heterocycles. The van der Waals surface area contributed by atoms with Crippen LogP contribution in [0.1, 0.15) is 31.7 Å². The number of anilines is 1. The first-order valence-corrected chi connectivity index (χ1v) is 5.19. The Balaban J connectivity index is 2.37. The van der Waals surface area contributed by atoms with Gasteiger partial charge in [-0.05, 0) is 20.3 Å². The highest BCUT2D eigenvalue weighted by atomic mass is 16.3. The summed E-state index contributed by atoms with van der Waals surface area (Å²) >= 11 is 0. The first-order valence-electron chi connectivity index (χ1n) is 5.19. The number of rotatable bonds is 2. The molecule has 0 saturated heterocycles. The average Bonchev–Trinajstić information content (AvgIpc) is 2.59. The third-order valence-corrected chi connectivity index (χ3v) is 2.85.